The molecule has 0 radical (unpaired) electrons. The van der Waals surface area contributed by atoms with Crippen LogP contribution in [0.25, 0.3) is 0 Å². The first kappa shape index (κ1) is 11.5. The van der Waals surface area contributed by atoms with Gasteiger partial charge in [-0.05, 0) is 30.5 Å². The third-order valence-electron chi connectivity index (χ3n) is 2.00. The number of nitrogens with zero attached hydrogens (tertiary/aromatic N) is 1. The maximum Gasteiger partial charge on any atom is 0.421 e. The van der Waals surface area contributed by atoms with Gasteiger partial charge in [-0.25, -0.2) is 20.0 Å². The summed E-state index contributed by atoms with van der Waals surface area (Å²) in [5.41, 5.74) is 0.841. The van der Waals surface area contributed by atoms with E-state index in [0.29, 0.717) is 12.8 Å². The van der Waals surface area contributed by atoms with Crippen molar-refractivity contribution in [3.05, 3.63) is 35.6 Å². The molecule has 3 N–H and O–H groups in total. The molecule has 0 saturated heterocycles. The Balaban J connectivity index is 2.35. The van der Waals surface area contributed by atoms with Crippen LogP contribution in [0.5, 0.6) is 0 Å². The van der Waals surface area contributed by atoms with Gasteiger partial charge in [-0.2, -0.15) is 0 Å². The number of hydrogen-bond acceptors (Lipinski definition) is 2. The highest BCUT2D eigenvalue weighted by atomic mass is 19.1. The largest absolute Gasteiger partial charge is 0.464 e. The molecule has 0 bridgehead atoms. The van der Waals surface area contributed by atoms with E-state index in [9.17, 15) is 9.18 Å². The van der Waals surface area contributed by atoms with E-state index in [1.807, 2.05) is 0 Å². The number of carbonyl (C=O) groups is 1. The van der Waals surface area contributed by atoms with Crippen LogP contribution >= 0.6 is 0 Å². The molecule has 4 nitrogen and oxygen atoms in total. The fraction of sp³-hybridized carbons (Fsp3) is 0.300. The summed E-state index contributed by atoms with van der Waals surface area (Å²) in [6.45, 7) is 0.242. The van der Waals surface area contributed by atoms with Crippen LogP contribution in [0.2, 0.25) is 0 Å². The number of carboxylic acid groups (broad SMARTS) is 1. The second kappa shape index (κ2) is 5.31. The van der Waals surface area contributed by atoms with Crippen molar-refractivity contribution in [1.82, 2.24) is 5.01 Å². The molecular weight excluding hydrogens is 199 g/mol. The molecule has 0 aliphatic carbocycles. The fourth-order valence-electron chi connectivity index (χ4n) is 1.24. The van der Waals surface area contributed by atoms with E-state index in [4.69, 9.17) is 10.9 Å². The van der Waals surface area contributed by atoms with Crippen LogP contribution in [0.4, 0.5) is 9.18 Å². The monoisotopic (exact) mass is 212 g/mol. The predicted octanol–water partition coefficient (Wildman–Crippen LogP) is 1.61. The molecule has 0 aliphatic heterocycles. The van der Waals surface area contributed by atoms with Crippen molar-refractivity contribution in [1.29, 1.82) is 0 Å². The van der Waals surface area contributed by atoms with E-state index < -0.39 is 6.09 Å². The molecule has 1 amide bonds. The zero-order valence-corrected chi connectivity index (χ0v) is 8.19. The Morgan fingerprint density at radius 2 is 2.27 bits per heavy atom. The van der Waals surface area contributed by atoms with Crippen LogP contribution in [0.1, 0.15) is 12.0 Å². The number of hydrazine groups is 1. The summed E-state index contributed by atoms with van der Waals surface area (Å²) in [7, 11) is 0. The normalized spacial score (nSPS) is 10.0. The summed E-state index contributed by atoms with van der Waals surface area (Å²) in [6.07, 6.45) is 0.0274. The van der Waals surface area contributed by atoms with E-state index in [1.165, 1.54) is 12.1 Å². The van der Waals surface area contributed by atoms with Crippen molar-refractivity contribution in [3.8, 4) is 0 Å². The number of rotatable bonds is 4. The molecule has 0 spiro atoms. The molecule has 0 atom stereocenters. The van der Waals surface area contributed by atoms with Crippen LogP contribution in [0, 0.1) is 5.82 Å². The van der Waals surface area contributed by atoms with Crippen LogP contribution in [-0.2, 0) is 6.42 Å². The first-order valence-corrected chi connectivity index (χ1v) is 4.59. The highest BCUT2D eigenvalue weighted by molar-refractivity contribution is 5.63. The van der Waals surface area contributed by atoms with Crippen molar-refractivity contribution in [2.75, 3.05) is 6.54 Å². The maximum atomic E-state index is 12.8. The standard InChI is InChI=1S/C10H13FN2O2/c11-9-5-1-3-8(7-9)4-2-6-13(12)10(14)15/h1,3,5,7H,2,4,6,12H2,(H,14,15). The minimum absolute atomic E-state index is 0.242. The lowest BCUT2D eigenvalue weighted by molar-refractivity contribution is 0.145. The molecular formula is C10H13FN2O2. The number of nitrogens with two attached hydrogens (primary N) is 1. The van der Waals surface area contributed by atoms with Gasteiger partial charge in [0.05, 0.1) is 0 Å². The van der Waals surface area contributed by atoms with Crippen LogP contribution in [-0.4, -0.2) is 22.8 Å². The van der Waals surface area contributed by atoms with Gasteiger partial charge in [0, 0.05) is 6.54 Å². The summed E-state index contributed by atoms with van der Waals surface area (Å²) in [4.78, 5) is 10.3. The van der Waals surface area contributed by atoms with Crippen LogP contribution in [0.15, 0.2) is 24.3 Å². The first-order valence-electron chi connectivity index (χ1n) is 4.59. The predicted molar refractivity (Wildman–Crippen MR) is 53.6 cm³/mol. The molecule has 82 valence electrons. The zero-order chi connectivity index (χ0) is 11.3. The van der Waals surface area contributed by atoms with Crippen molar-refractivity contribution < 1.29 is 14.3 Å². The van der Waals surface area contributed by atoms with Gasteiger partial charge >= 0.3 is 6.09 Å². The molecule has 0 aliphatic rings. The Morgan fingerprint density at radius 3 is 2.87 bits per heavy atom. The van der Waals surface area contributed by atoms with Crippen LogP contribution in [0.3, 0.4) is 0 Å². The van der Waals surface area contributed by atoms with Gasteiger partial charge in [-0.15, -0.1) is 0 Å². The first-order chi connectivity index (χ1) is 7.09. The third-order valence-corrected chi connectivity index (χ3v) is 2.00. The molecule has 1 rings (SSSR count). The van der Waals surface area contributed by atoms with Gasteiger partial charge in [0.1, 0.15) is 5.82 Å². The van der Waals surface area contributed by atoms with E-state index in [1.54, 1.807) is 12.1 Å². The topological polar surface area (TPSA) is 66.6 Å². The van der Waals surface area contributed by atoms with Gasteiger partial charge in [-0.1, -0.05) is 12.1 Å². The minimum Gasteiger partial charge on any atom is -0.464 e. The number of hydrogen-bond donors (Lipinski definition) is 2. The number of aryl methyl sites for hydroxylation is 1. The molecule has 15 heavy (non-hydrogen) atoms. The van der Waals surface area contributed by atoms with Crippen LogP contribution < -0.4 is 5.84 Å². The Kier molecular flexibility index (Phi) is 4.05. The number of amides is 1. The fourth-order valence-corrected chi connectivity index (χ4v) is 1.24. The average Bonchev–Trinajstić information content (AvgIpc) is 2.17. The molecule has 0 heterocycles. The smallest absolute Gasteiger partial charge is 0.421 e. The molecule has 0 unspecified atom stereocenters. The third kappa shape index (κ3) is 3.95. The lowest BCUT2D eigenvalue weighted by atomic mass is 10.1. The van der Waals surface area contributed by atoms with Gasteiger partial charge in [0.2, 0.25) is 0 Å². The highest BCUT2D eigenvalue weighted by Gasteiger charge is 2.05. The van der Waals surface area contributed by atoms with E-state index >= 15 is 0 Å². The SMILES string of the molecule is NN(CCCc1cccc(F)c1)C(=O)O. The Morgan fingerprint density at radius 1 is 1.53 bits per heavy atom. The molecule has 1 aromatic carbocycles. The van der Waals surface area contributed by atoms with Crippen molar-refractivity contribution >= 4 is 6.09 Å². The summed E-state index contributed by atoms with van der Waals surface area (Å²) < 4.78 is 12.8. The van der Waals surface area contributed by atoms with Gasteiger partial charge in [0.15, 0.2) is 0 Å². The average molecular weight is 212 g/mol. The molecule has 1 aromatic rings. The summed E-state index contributed by atoms with van der Waals surface area (Å²) in [6, 6.07) is 6.23. The molecule has 0 fully saturated rings. The minimum atomic E-state index is -1.16. The lowest BCUT2D eigenvalue weighted by Gasteiger charge is -2.11. The summed E-state index contributed by atoms with van der Waals surface area (Å²) >= 11 is 0. The number of halogens is 1. The van der Waals surface area contributed by atoms with E-state index in [-0.39, 0.29) is 12.4 Å². The lowest BCUT2D eigenvalue weighted by Crippen LogP contribution is -2.37. The second-order valence-electron chi connectivity index (χ2n) is 3.21. The van der Waals surface area contributed by atoms with Gasteiger partial charge in [0.25, 0.3) is 0 Å². The van der Waals surface area contributed by atoms with Gasteiger partial charge < -0.3 is 5.11 Å². The Bertz CT molecular complexity index is 344. The summed E-state index contributed by atoms with van der Waals surface area (Å²) in [5.74, 6) is 4.89. The second-order valence-corrected chi connectivity index (χ2v) is 3.21. The molecule has 0 aromatic heterocycles. The molecule has 5 heteroatoms. The van der Waals surface area contributed by atoms with E-state index in [2.05, 4.69) is 0 Å². The Labute approximate surface area is 87.1 Å². The maximum absolute atomic E-state index is 12.8. The van der Waals surface area contributed by atoms with Crippen molar-refractivity contribution in [2.24, 2.45) is 5.84 Å². The van der Waals surface area contributed by atoms with E-state index in [0.717, 1.165) is 10.6 Å². The molecule has 0 saturated carbocycles. The van der Waals surface area contributed by atoms with Crippen molar-refractivity contribution in [3.63, 3.8) is 0 Å². The van der Waals surface area contributed by atoms with Gasteiger partial charge in [-0.3, -0.25) is 0 Å². The van der Waals surface area contributed by atoms with Crippen molar-refractivity contribution in [2.45, 2.75) is 12.8 Å². The quantitative estimate of drug-likeness (QED) is 0.452. The highest BCUT2D eigenvalue weighted by Crippen LogP contribution is 2.06. The summed E-state index contributed by atoms with van der Waals surface area (Å²) in [5, 5.41) is 9.19. The zero-order valence-electron chi connectivity index (χ0n) is 8.19. The number of benzene rings is 1. The Hall–Kier alpha value is -1.62.